The zero-order valence-electron chi connectivity index (χ0n) is 7.50. The lowest BCUT2D eigenvalue weighted by Crippen LogP contribution is -2.00. The highest BCUT2D eigenvalue weighted by atomic mass is 79.9. The lowest BCUT2D eigenvalue weighted by Gasteiger charge is -2.00. The first-order valence-electron chi connectivity index (χ1n) is 4.13. The third-order valence-corrected chi connectivity index (χ3v) is 3.75. The highest BCUT2D eigenvalue weighted by Gasteiger charge is 2.09. The molecule has 2 nitrogen and oxygen atoms in total. The molecule has 1 heterocycles. The van der Waals surface area contributed by atoms with E-state index in [1.54, 1.807) is 0 Å². The Bertz CT molecular complexity index is 515. The first-order chi connectivity index (χ1) is 6.70. The van der Waals surface area contributed by atoms with Crippen LogP contribution in [0.1, 0.15) is 5.56 Å². The molecule has 14 heavy (non-hydrogen) atoms. The number of benzene rings is 1. The van der Waals surface area contributed by atoms with E-state index >= 15 is 0 Å². The highest BCUT2D eigenvalue weighted by molar-refractivity contribution is 9.10. The van der Waals surface area contributed by atoms with E-state index in [-0.39, 0.29) is 5.56 Å². The molecule has 0 spiro atoms. The van der Waals surface area contributed by atoms with Gasteiger partial charge in [0.05, 0.1) is 4.88 Å². The molecule has 0 saturated carbocycles. The Hall–Kier alpha value is -0.870. The van der Waals surface area contributed by atoms with Gasteiger partial charge in [-0.05, 0) is 13.0 Å². The van der Waals surface area contributed by atoms with E-state index in [1.165, 1.54) is 11.5 Å². The van der Waals surface area contributed by atoms with Crippen LogP contribution >= 0.6 is 27.5 Å². The Morgan fingerprint density at radius 2 is 2.07 bits per heavy atom. The maximum atomic E-state index is 11.3. The summed E-state index contributed by atoms with van der Waals surface area (Å²) < 4.78 is 3.74. The van der Waals surface area contributed by atoms with Gasteiger partial charge in [0.25, 0.3) is 5.56 Å². The van der Waals surface area contributed by atoms with Crippen LogP contribution in [0.5, 0.6) is 0 Å². The van der Waals surface area contributed by atoms with Gasteiger partial charge in [0, 0.05) is 15.6 Å². The van der Waals surface area contributed by atoms with Crippen LogP contribution in [0.15, 0.2) is 33.5 Å². The molecular weight excluding hydrogens is 262 g/mol. The van der Waals surface area contributed by atoms with Crippen molar-refractivity contribution in [2.45, 2.75) is 6.92 Å². The minimum Gasteiger partial charge on any atom is -0.277 e. The third kappa shape index (κ3) is 1.55. The van der Waals surface area contributed by atoms with Gasteiger partial charge < -0.3 is 0 Å². The summed E-state index contributed by atoms with van der Waals surface area (Å²) in [4.78, 5) is 12.3. The van der Waals surface area contributed by atoms with Crippen LogP contribution < -0.4 is 5.56 Å². The lowest BCUT2D eigenvalue weighted by atomic mass is 10.1. The summed E-state index contributed by atoms with van der Waals surface area (Å²) in [5.74, 6) is 0. The van der Waals surface area contributed by atoms with Gasteiger partial charge in [0.1, 0.15) is 0 Å². The highest BCUT2D eigenvalue weighted by Crippen LogP contribution is 2.31. The molecule has 2 aromatic rings. The van der Waals surface area contributed by atoms with E-state index in [0.29, 0.717) is 0 Å². The summed E-state index contributed by atoms with van der Waals surface area (Å²) in [6.07, 6.45) is 0. The topological polar surface area (TPSA) is 32.9 Å². The Labute approximate surface area is 93.9 Å². The molecule has 4 heteroatoms. The molecule has 0 aliphatic heterocycles. The molecule has 0 unspecified atom stereocenters. The van der Waals surface area contributed by atoms with Gasteiger partial charge in [-0.15, -0.1) is 0 Å². The summed E-state index contributed by atoms with van der Waals surface area (Å²) >= 11 is 4.84. The van der Waals surface area contributed by atoms with E-state index in [2.05, 4.69) is 20.3 Å². The second kappa shape index (κ2) is 3.71. The largest absolute Gasteiger partial charge is 0.277 e. The Kier molecular flexibility index (Phi) is 2.56. The number of H-pyrrole nitrogens is 1. The number of hydrogen-bond donors (Lipinski definition) is 1. The molecule has 0 saturated heterocycles. The van der Waals surface area contributed by atoms with E-state index < -0.39 is 0 Å². The average molecular weight is 270 g/mol. The summed E-state index contributed by atoms with van der Waals surface area (Å²) in [7, 11) is 0. The Balaban J connectivity index is 2.66. The maximum absolute atomic E-state index is 11.3. The number of halogens is 1. The molecule has 1 aromatic carbocycles. The van der Waals surface area contributed by atoms with E-state index in [0.717, 1.165) is 20.5 Å². The SMILES string of the molecule is Cc1c(-c2ccccc2Br)s[nH]c1=O. The molecule has 0 aliphatic carbocycles. The third-order valence-electron chi connectivity index (χ3n) is 2.05. The van der Waals surface area contributed by atoms with Crippen LogP contribution in [0, 0.1) is 6.92 Å². The molecular formula is C10H8BrNOS. The fourth-order valence-corrected chi connectivity index (χ4v) is 2.75. The van der Waals surface area contributed by atoms with Crippen LogP contribution in [0.25, 0.3) is 10.4 Å². The zero-order chi connectivity index (χ0) is 10.1. The second-order valence-corrected chi connectivity index (χ2v) is 4.64. The van der Waals surface area contributed by atoms with Crippen LogP contribution in [0.3, 0.4) is 0 Å². The van der Waals surface area contributed by atoms with Gasteiger partial charge >= 0.3 is 0 Å². The molecule has 72 valence electrons. The summed E-state index contributed by atoms with van der Waals surface area (Å²) in [5, 5.41) is 0. The summed E-state index contributed by atoms with van der Waals surface area (Å²) in [5.41, 5.74) is 1.84. The van der Waals surface area contributed by atoms with Crippen molar-refractivity contribution in [3.05, 3.63) is 44.7 Å². The van der Waals surface area contributed by atoms with Crippen molar-refractivity contribution in [3.8, 4) is 10.4 Å². The van der Waals surface area contributed by atoms with Crippen LogP contribution in [-0.2, 0) is 0 Å². The molecule has 1 aromatic heterocycles. The first kappa shape index (κ1) is 9.68. The Morgan fingerprint density at radius 3 is 2.64 bits per heavy atom. The van der Waals surface area contributed by atoms with Crippen molar-refractivity contribution >= 4 is 27.5 Å². The van der Waals surface area contributed by atoms with Crippen molar-refractivity contribution in [3.63, 3.8) is 0 Å². The van der Waals surface area contributed by atoms with Gasteiger partial charge in [-0.3, -0.25) is 9.17 Å². The van der Waals surface area contributed by atoms with Crippen molar-refractivity contribution in [1.29, 1.82) is 0 Å². The van der Waals surface area contributed by atoms with Gasteiger partial charge in [0.2, 0.25) is 0 Å². The van der Waals surface area contributed by atoms with Crippen molar-refractivity contribution in [2.75, 3.05) is 0 Å². The van der Waals surface area contributed by atoms with Crippen LogP contribution in [0.2, 0.25) is 0 Å². The van der Waals surface area contributed by atoms with Gasteiger partial charge in [-0.1, -0.05) is 45.7 Å². The normalized spacial score (nSPS) is 10.4. The quantitative estimate of drug-likeness (QED) is 0.848. The van der Waals surface area contributed by atoms with E-state index in [4.69, 9.17) is 0 Å². The van der Waals surface area contributed by atoms with Crippen LogP contribution in [-0.4, -0.2) is 4.37 Å². The predicted molar refractivity (Wildman–Crippen MR) is 62.8 cm³/mol. The minimum atomic E-state index is 0.000697. The number of nitrogens with one attached hydrogen (secondary N) is 1. The fraction of sp³-hybridized carbons (Fsp3) is 0.100. The minimum absolute atomic E-state index is 0.000697. The summed E-state index contributed by atoms with van der Waals surface area (Å²) in [6, 6.07) is 7.89. The zero-order valence-corrected chi connectivity index (χ0v) is 9.91. The second-order valence-electron chi connectivity index (χ2n) is 2.97. The molecule has 0 atom stereocenters. The number of aromatic amines is 1. The summed E-state index contributed by atoms with van der Waals surface area (Å²) in [6.45, 7) is 1.84. The van der Waals surface area contributed by atoms with Crippen molar-refractivity contribution < 1.29 is 0 Å². The van der Waals surface area contributed by atoms with Crippen LogP contribution in [0.4, 0.5) is 0 Å². The first-order valence-corrected chi connectivity index (χ1v) is 5.74. The molecule has 1 N–H and O–H groups in total. The number of hydrogen-bond acceptors (Lipinski definition) is 2. The Morgan fingerprint density at radius 1 is 1.36 bits per heavy atom. The van der Waals surface area contributed by atoms with Gasteiger partial charge in [0.15, 0.2) is 0 Å². The molecule has 0 fully saturated rings. The van der Waals surface area contributed by atoms with Gasteiger partial charge in [-0.2, -0.15) is 0 Å². The van der Waals surface area contributed by atoms with Gasteiger partial charge in [-0.25, -0.2) is 0 Å². The monoisotopic (exact) mass is 269 g/mol. The fourth-order valence-electron chi connectivity index (χ4n) is 1.26. The molecule has 0 radical (unpaired) electrons. The lowest BCUT2D eigenvalue weighted by molar-refractivity contribution is 1.33. The number of aromatic nitrogens is 1. The number of rotatable bonds is 1. The smallest absolute Gasteiger partial charge is 0.261 e. The maximum Gasteiger partial charge on any atom is 0.261 e. The molecule has 0 bridgehead atoms. The molecule has 0 amide bonds. The predicted octanol–water partition coefficient (Wildman–Crippen LogP) is 3.17. The van der Waals surface area contributed by atoms with E-state index in [9.17, 15) is 4.79 Å². The molecule has 2 rings (SSSR count). The van der Waals surface area contributed by atoms with Crippen molar-refractivity contribution in [2.24, 2.45) is 0 Å². The van der Waals surface area contributed by atoms with E-state index in [1.807, 2.05) is 31.2 Å². The molecule has 0 aliphatic rings. The average Bonchev–Trinajstić information content (AvgIpc) is 2.49. The standard InChI is InChI=1S/C10H8BrNOS/c1-6-9(14-12-10(6)13)7-4-2-3-5-8(7)11/h2-5H,1H3,(H,12,13). The van der Waals surface area contributed by atoms with Crippen molar-refractivity contribution in [1.82, 2.24) is 4.37 Å².